The van der Waals surface area contributed by atoms with E-state index in [1.807, 2.05) is 0 Å². The van der Waals surface area contributed by atoms with Gasteiger partial charge >= 0.3 is 12.5 Å². The van der Waals surface area contributed by atoms with Crippen LogP contribution in [0.2, 0.25) is 0 Å². The van der Waals surface area contributed by atoms with E-state index in [1.165, 1.54) is 24.3 Å². The topological polar surface area (TPSA) is 64.4 Å². The fourth-order valence-corrected chi connectivity index (χ4v) is 4.72. The molecule has 1 amide bonds. The maximum Gasteiger partial charge on any atom is 0.333 e. The highest BCUT2D eigenvalue weighted by molar-refractivity contribution is 9.10. The number of alkyl halides is 2. The summed E-state index contributed by atoms with van der Waals surface area (Å²) in [6.07, 6.45) is 3.41. The van der Waals surface area contributed by atoms with Gasteiger partial charge in [0.05, 0.1) is 18.7 Å². The van der Waals surface area contributed by atoms with Crippen molar-refractivity contribution in [2.24, 2.45) is 5.41 Å². The number of carbonyl (C=O) groups is 2. The molecule has 0 N–H and O–H groups in total. The smallest absolute Gasteiger partial charge is 0.333 e. The first-order chi connectivity index (χ1) is 14.3. The second-order valence-electron chi connectivity index (χ2n) is 7.68. The molecule has 3 atom stereocenters. The number of esters is 1. The zero-order valence-electron chi connectivity index (χ0n) is 16.0. The van der Waals surface area contributed by atoms with Crippen LogP contribution in [0.15, 0.2) is 35.1 Å². The minimum atomic E-state index is -2.79. The Labute approximate surface area is 179 Å². The van der Waals surface area contributed by atoms with Crippen molar-refractivity contribution < 1.29 is 27.5 Å². The Balaban J connectivity index is 1.55. The summed E-state index contributed by atoms with van der Waals surface area (Å²) in [5.41, 5.74) is 0.153. The van der Waals surface area contributed by atoms with Crippen molar-refractivity contribution in [1.82, 2.24) is 14.7 Å². The maximum absolute atomic E-state index is 14.4. The van der Waals surface area contributed by atoms with E-state index in [0.29, 0.717) is 39.7 Å². The van der Waals surface area contributed by atoms with E-state index in [-0.39, 0.29) is 24.1 Å². The van der Waals surface area contributed by atoms with Gasteiger partial charge in [0, 0.05) is 29.6 Å². The first-order valence-corrected chi connectivity index (χ1v) is 10.2. The highest BCUT2D eigenvalue weighted by atomic mass is 79.9. The van der Waals surface area contributed by atoms with Crippen LogP contribution in [0, 0.1) is 11.2 Å². The van der Waals surface area contributed by atoms with Gasteiger partial charge in [-0.2, -0.15) is 13.9 Å². The third-order valence-corrected chi connectivity index (χ3v) is 6.53. The molecule has 2 aromatic rings. The number of hydrogen-bond acceptors (Lipinski definition) is 4. The SMILES string of the molecule is COC(=O)[C@@H](Cc1cnn(C(F)F)c1)N1CC[C@@]2(C[C@@H]2c2ccc(Br)cc2F)C1=O. The van der Waals surface area contributed by atoms with Gasteiger partial charge in [-0.3, -0.25) is 4.79 Å². The van der Waals surface area contributed by atoms with Gasteiger partial charge in [0.15, 0.2) is 0 Å². The largest absolute Gasteiger partial charge is 0.467 e. The van der Waals surface area contributed by atoms with Crippen LogP contribution in [-0.4, -0.2) is 46.3 Å². The minimum absolute atomic E-state index is 0.0124. The van der Waals surface area contributed by atoms with Crippen molar-refractivity contribution in [2.45, 2.75) is 37.8 Å². The number of aromatic nitrogens is 2. The van der Waals surface area contributed by atoms with E-state index in [9.17, 15) is 22.8 Å². The summed E-state index contributed by atoms with van der Waals surface area (Å²) in [6, 6.07) is 3.83. The van der Waals surface area contributed by atoms with Crippen molar-refractivity contribution in [3.63, 3.8) is 0 Å². The molecule has 1 aromatic carbocycles. The number of carbonyl (C=O) groups excluding carboxylic acids is 2. The van der Waals surface area contributed by atoms with Gasteiger partial charge in [-0.25, -0.2) is 13.9 Å². The zero-order valence-corrected chi connectivity index (χ0v) is 17.6. The van der Waals surface area contributed by atoms with Crippen LogP contribution < -0.4 is 0 Å². The van der Waals surface area contributed by atoms with E-state index < -0.39 is 24.0 Å². The summed E-state index contributed by atoms with van der Waals surface area (Å²) in [5, 5.41) is 3.57. The fraction of sp³-hybridized carbons (Fsp3) is 0.450. The molecule has 1 aromatic heterocycles. The number of hydrogen-bond donors (Lipinski definition) is 0. The molecule has 2 fully saturated rings. The summed E-state index contributed by atoms with van der Waals surface area (Å²) in [7, 11) is 1.21. The standard InChI is InChI=1S/C20H19BrF3N3O3/c1-30-17(28)16(6-11-9-25-27(10-11)19(23)24)26-5-4-20(18(26)29)8-14(20)13-3-2-12(21)7-15(13)22/h2-3,7,9-10,14,16,19H,4-6,8H2,1H3/t14-,16-,20+/m1/s1. The molecule has 30 heavy (non-hydrogen) atoms. The molecule has 1 aliphatic heterocycles. The van der Waals surface area contributed by atoms with Gasteiger partial charge in [0.1, 0.15) is 11.9 Å². The third-order valence-electron chi connectivity index (χ3n) is 6.03. The summed E-state index contributed by atoms with van der Waals surface area (Å²) >= 11 is 3.23. The van der Waals surface area contributed by atoms with Crippen molar-refractivity contribution in [3.05, 3.63) is 52.0 Å². The fourth-order valence-electron chi connectivity index (χ4n) is 4.39. The molecule has 160 valence electrons. The molecule has 2 heterocycles. The predicted octanol–water partition coefficient (Wildman–Crippen LogP) is 3.67. The molecule has 4 rings (SSSR count). The average molecular weight is 486 g/mol. The Morgan fingerprint density at radius 1 is 1.43 bits per heavy atom. The monoisotopic (exact) mass is 485 g/mol. The number of amides is 1. The summed E-state index contributed by atoms with van der Waals surface area (Å²) in [4.78, 5) is 27.1. The number of methoxy groups -OCH3 is 1. The van der Waals surface area contributed by atoms with Gasteiger partial charge in [-0.05, 0) is 36.1 Å². The third kappa shape index (κ3) is 3.51. The maximum atomic E-state index is 14.4. The molecule has 0 radical (unpaired) electrons. The van der Waals surface area contributed by atoms with Crippen LogP contribution in [0.5, 0.6) is 0 Å². The number of rotatable bonds is 6. The van der Waals surface area contributed by atoms with Crippen molar-refractivity contribution in [1.29, 1.82) is 0 Å². The van der Waals surface area contributed by atoms with Crippen molar-refractivity contribution in [3.8, 4) is 0 Å². The van der Waals surface area contributed by atoms with E-state index in [2.05, 4.69) is 21.0 Å². The molecule has 2 aliphatic rings. The lowest BCUT2D eigenvalue weighted by molar-refractivity contribution is -0.152. The first-order valence-electron chi connectivity index (χ1n) is 9.42. The molecule has 1 spiro atoms. The number of benzene rings is 1. The van der Waals surface area contributed by atoms with Crippen LogP contribution in [0.3, 0.4) is 0 Å². The van der Waals surface area contributed by atoms with Crippen LogP contribution >= 0.6 is 15.9 Å². The Morgan fingerprint density at radius 2 is 2.20 bits per heavy atom. The summed E-state index contributed by atoms with van der Waals surface area (Å²) < 4.78 is 45.9. The van der Waals surface area contributed by atoms with Crippen LogP contribution in [0.25, 0.3) is 0 Å². The van der Waals surface area contributed by atoms with Crippen LogP contribution in [0.1, 0.15) is 36.4 Å². The quantitative estimate of drug-likeness (QED) is 0.585. The molecule has 0 unspecified atom stereocenters. The Kier molecular flexibility index (Phi) is 5.37. The number of likely N-dealkylation sites (tertiary alicyclic amines) is 1. The Hall–Kier alpha value is -2.36. The van der Waals surface area contributed by atoms with E-state index in [1.54, 1.807) is 12.1 Å². The number of halogens is 4. The van der Waals surface area contributed by atoms with Gasteiger partial charge in [-0.15, -0.1) is 0 Å². The molecule has 1 aliphatic carbocycles. The molecule has 0 bridgehead atoms. The lowest BCUT2D eigenvalue weighted by Crippen LogP contribution is -2.45. The molecular weight excluding hydrogens is 467 g/mol. The number of nitrogens with zero attached hydrogens (tertiary/aromatic N) is 3. The molecule has 1 saturated heterocycles. The highest BCUT2D eigenvalue weighted by Gasteiger charge is 2.65. The Bertz CT molecular complexity index is 999. The first kappa shape index (κ1) is 20.9. The molecule has 6 nitrogen and oxygen atoms in total. The minimum Gasteiger partial charge on any atom is -0.467 e. The van der Waals surface area contributed by atoms with Gasteiger partial charge < -0.3 is 9.64 Å². The lowest BCUT2D eigenvalue weighted by Gasteiger charge is -2.26. The average Bonchev–Trinajstić information content (AvgIpc) is 3.06. The second kappa shape index (κ2) is 7.72. The molecular formula is C20H19BrF3N3O3. The van der Waals surface area contributed by atoms with E-state index in [4.69, 9.17) is 4.74 Å². The number of ether oxygens (including phenoxy) is 1. The zero-order chi connectivity index (χ0) is 21.6. The predicted molar refractivity (Wildman–Crippen MR) is 103 cm³/mol. The van der Waals surface area contributed by atoms with Gasteiger partial charge in [0.25, 0.3) is 0 Å². The van der Waals surface area contributed by atoms with Gasteiger partial charge in [0.2, 0.25) is 5.91 Å². The molecule has 1 saturated carbocycles. The normalized spacial score (nSPS) is 24.0. The molecule has 10 heteroatoms. The van der Waals surface area contributed by atoms with Gasteiger partial charge in [-0.1, -0.05) is 22.0 Å². The van der Waals surface area contributed by atoms with Crippen LogP contribution in [0.4, 0.5) is 13.2 Å². The highest BCUT2D eigenvalue weighted by Crippen LogP contribution is 2.65. The lowest BCUT2D eigenvalue weighted by atomic mass is 9.97. The second-order valence-corrected chi connectivity index (χ2v) is 8.59. The van der Waals surface area contributed by atoms with Crippen LogP contribution in [-0.2, 0) is 20.7 Å². The van der Waals surface area contributed by atoms with E-state index in [0.717, 1.165) is 6.20 Å². The Morgan fingerprint density at radius 3 is 2.83 bits per heavy atom. The van der Waals surface area contributed by atoms with Crippen molar-refractivity contribution >= 4 is 27.8 Å². The van der Waals surface area contributed by atoms with Crippen molar-refractivity contribution in [2.75, 3.05) is 13.7 Å². The van der Waals surface area contributed by atoms with E-state index >= 15 is 0 Å². The summed E-state index contributed by atoms with van der Waals surface area (Å²) in [5.74, 6) is -1.48. The summed E-state index contributed by atoms with van der Waals surface area (Å²) in [6.45, 7) is -2.48.